The van der Waals surface area contributed by atoms with E-state index in [0.29, 0.717) is 0 Å². The van der Waals surface area contributed by atoms with E-state index in [-0.39, 0.29) is 35.4 Å². The Morgan fingerprint density at radius 3 is 1.45 bits per heavy atom. The number of carboxylic acid groups (broad SMARTS) is 1. The fourth-order valence-corrected chi connectivity index (χ4v) is 0. The Bertz CT molecular complexity index is 142. The van der Waals surface area contributed by atoms with Gasteiger partial charge in [-0.15, -0.1) is 0 Å². The van der Waals surface area contributed by atoms with Crippen LogP contribution in [-0.4, -0.2) is 17.6 Å². The zero-order valence-corrected chi connectivity index (χ0v) is 8.80. The predicted molar refractivity (Wildman–Crippen MR) is 33.3 cm³/mol. The summed E-state index contributed by atoms with van der Waals surface area (Å²) >= 11 is 0. The minimum absolute atomic E-state index is 0. The van der Waals surface area contributed by atoms with Crippen molar-refractivity contribution in [3.8, 4) is 0 Å². The van der Waals surface area contributed by atoms with E-state index in [2.05, 4.69) is 0 Å². The molecule has 11 heavy (non-hydrogen) atoms. The second-order valence-electron chi connectivity index (χ2n) is 1.53. The molecule has 0 aromatic rings. The van der Waals surface area contributed by atoms with Gasteiger partial charge in [0.2, 0.25) is 0 Å². The topological polar surface area (TPSA) is 107 Å². The van der Waals surface area contributed by atoms with Crippen molar-refractivity contribution in [2.75, 3.05) is 0 Å². The molecule has 0 aliphatic rings. The fraction of sp³-hybridized carbons (Fsp3) is 0.400. The van der Waals surface area contributed by atoms with Crippen LogP contribution in [0.1, 0.15) is 13.8 Å². The standard InChI is InChI=1S/C3H4O3.C2H6N2.Na/c1-2(4)3(5)6;1-2(3)4;/h1H3,(H,5,6);1H3,(H3,3,4);/q;;+1/p-1. The maximum Gasteiger partial charge on any atom is 1.00 e. The number of carbonyl (C=O) groups is 2. The van der Waals surface area contributed by atoms with Crippen LogP contribution in [-0.2, 0) is 9.59 Å². The van der Waals surface area contributed by atoms with Crippen molar-refractivity contribution in [1.82, 2.24) is 0 Å². The Labute approximate surface area is 86.8 Å². The Hall–Kier alpha value is -0.390. The Kier molecular flexibility index (Phi) is 14.8. The molecule has 0 spiro atoms. The van der Waals surface area contributed by atoms with E-state index < -0.39 is 11.8 Å². The molecule has 0 aromatic heterocycles. The van der Waals surface area contributed by atoms with Crippen LogP contribution in [0.3, 0.4) is 0 Å². The largest absolute Gasteiger partial charge is 1.00 e. The molecular formula is C5H9N2NaO3. The predicted octanol–water partition coefficient (Wildman–Crippen LogP) is -4.73. The number of Topliss-reactive ketones (excluding diaryl/α,β-unsaturated/α-hetero) is 1. The number of nitrogens with one attached hydrogen (secondary N) is 1. The first kappa shape index (κ1) is 16.9. The molecule has 6 heteroatoms. The number of rotatable bonds is 1. The zero-order valence-electron chi connectivity index (χ0n) is 6.80. The molecule has 0 rings (SSSR count). The quantitative estimate of drug-likeness (QED) is 0.177. The van der Waals surface area contributed by atoms with Crippen LogP contribution >= 0.6 is 0 Å². The molecule has 0 fully saturated rings. The summed E-state index contributed by atoms with van der Waals surface area (Å²) in [5.74, 6) is -2.40. The molecule has 0 heterocycles. The molecule has 0 aromatic carbocycles. The average Bonchev–Trinajstić information content (AvgIpc) is 1.63. The van der Waals surface area contributed by atoms with Crippen LogP contribution < -0.4 is 40.4 Å². The normalized spacial score (nSPS) is 6.36. The second-order valence-corrected chi connectivity index (χ2v) is 1.53. The number of nitrogens with two attached hydrogens (primary N) is 1. The molecule has 0 atom stereocenters. The molecule has 0 unspecified atom stereocenters. The van der Waals surface area contributed by atoms with Gasteiger partial charge >= 0.3 is 29.6 Å². The maximum atomic E-state index is 9.48. The second kappa shape index (κ2) is 9.61. The van der Waals surface area contributed by atoms with Crippen LogP contribution in [0, 0.1) is 5.41 Å². The first-order valence-electron chi connectivity index (χ1n) is 2.40. The minimum atomic E-state index is -1.63. The van der Waals surface area contributed by atoms with Crippen molar-refractivity contribution >= 4 is 17.6 Å². The van der Waals surface area contributed by atoms with E-state index in [1.165, 1.54) is 6.92 Å². The molecule has 0 bridgehead atoms. The summed E-state index contributed by atoms with van der Waals surface area (Å²) in [5.41, 5.74) is 4.69. The molecule has 0 saturated carbocycles. The Balaban J connectivity index is -0.000000114. The summed E-state index contributed by atoms with van der Waals surface area (Å²) in [5, 5.41) is 15.5. The van der Waals surface area contributed by atoms with Gasteiger partial charge < -0.3 is 15.6 Å². The molecule has 3 N–H and O–H groups in total. The molecule has 58 valence electrons. The molecule has 0 aliphatic carbocycles. The van der Waals surface area contributed by atoms with E-state index in [1.807, 2.05) is 0 Å². The van der Waals surface area contributed by atoms with Gasteiger partial charge in [0.25, 0.3) is 0 Å². The third kappa shape index (κ3) is 42.7. The van der Waals surface area contributed by atoms with E-state index in [4.69, 9.17) is 11.1 Å². The first-order chi connectivity index (χ1) is 4.37. The van der Waals surface area contributed by atoms with Crippen molar-refractivity contribution < 1.29 is 44.3 Å². The van der Waals surface area contributed by atoms with Gasteiger partial charge in [-0.3, -0.25) is 10.2 Å². The number of aliphatic carboxylic acids is 1. The summed E-state index contributed by atoms with van der Waals surface area (Å²) in [4.78, 5) is 18.7. The Morgan fingerprint density at radius 2 is 1.45 bits per heavy atom. The van der Waals surface area contributed by atoms with Gasteiger partial charge in [0.05, 0.1) is 5.84 Å². The zero-order chi connectivity index (χ0) is 8.73. The van der Waals surface area contributed by atoms with Crippen LogP contribution in [0.25, 0.3) is 0 Å². The van der Waals surface area contributed by atoms with Crippen LogP contribution in [0.15, 0.2) is 0 Å². The summed E-state index contributed by atoms with van der Waals surface area (Å²) in [7, 11) is 0. The number of amidine groups is 1. The van der Waals surface area contributed by atoms with Crippen molar-refractivity contribution in [3.05, 3.63) is 0 Å². The van der Waals surface area contributed by atoms with Crippen molar-refractivity contribution in [1.29, 1.82) is 5.41 Å². The fourth-order valence-electron chi connectivity index (χ4n) is 0. The molecule has 0 radical (unpaired) electrons. The summed E-state index contributed by atoms with van der Waals surface area (Å²) in [6.07, 6.45) is 0. The van der Waals surface area contributed by atoms with Gasteiger partial charge in [-0.05, 0) is 6.92 Å². The van der Waals surface area contributed by atoms with Crippen molar-refractivity contribution in [3.63, 3.8) is 0 Å². The molecular weight excluding hydrogens is 159 g/mol. The van der Waals surface area contributed by atoms with E-state index in [1.54, 1.807) is 0 Å². The van der Waals surface area contributed by atoms with Crippen LogP contribution in [0.4, 0.5) is 0 Å². The summed E-state index contributed by atoms with van der Waals surface area (Å²) < 4.78 is 0. The summed E-state index contributed by atoms with van der Waals surface area (Å²) in [6.45, 7) is 2.47. The van der Waals surface area contributed by atoms with Gasteiger partial charge in [0.1, 0.15) is 5.97 Å². The smallest absolute Gasteiger partial charge is 0.542 e. The average molecular weight is 168 g/mol. The van der Waals surface area contributed by atoms with Gasteiger partial charge in [-0.1, -0.05) is 0 Å². The van der Waals surface area contributed by atoms with Crippen molar-refractivity contribution in [2.45, 2.75) is 13.8 Å². The van der Waals surface area contributed by atoms with Gasteiger partial charge in [-0.2, -0.15) is 0 Å². The summed E-state index contributed by atoms with van der Waals surface area (Å²) in [6, 6.07) is 0. The molecule has 0 saturated heterocycles. The number of ketones is 1. The first-order valence-corrected chi connectivity index (χ1v) is 2.40. The molecule has 0 aliphatic heterocycles. The third-order valence-electron chi connectivity index (χ3n) is 0.287. The number of hydrogen-bond donors (Lipinski definition) is 2. The van der Waals surface area contributed by atoms with Crippen molar-refractivity contribution in [2.24, 2.45) is 5.73 Å². The minimum Gasteiger partial charge on any atom is -0.542 e. The Morgan fingerprint density at radius 1 is 1.36 bits per heavy atom. The van der Waals surface area contributed by atoms with Gasteiger partial charge in [0, 0.05) is 6.92 Å². The van der Waals surface area contributed by atoms with E-state index >= 15 is 0 Å². The third-order valence-corrected chi connectivity index (χ3v) is 0.287. The number of hydrogen-bond acceptors (Lipinski definition) is 4. The molecule has 5 nitrogen and oxygen atoms in total. The van der Waals surface area contributed by atoms with Gasteiger partial charge in [0.15, 0.2) is 5.78 Å². The van der Waals surface area contributed by atoms with Crippen LogP contribution in [0.5, 0.6) is 0 Å². The van der Waals surface area contributed by atoms with Gasteiger partial charge in [-0.25, -0.2) is 0 Å². The SMILES string of the molecule is CC(=N)N.CC(=O)C(=O)[O-].[Na+]. The van der Waals surface area contributed by atoms with E-state index in [0.717, 1.165) is 6.92 Å². The number of carboxylic acids is 1. The monoisotopic (exact) mass is 168 g/mol. The van der Waals surface area contributed by atoms with E-state index in [9.17, 15) is 14.7 Å². The molecule has 0 amide bonds. The van der Waals surface area contributed by atoms with Crippen LogP contribution in [0.2, 0.25) is 0 Å². The number of carbonyl (C=O) groups excluding carboxylic acids is 2. The maximum absolute atomic E-state index is 9.48.